The third-order valence-corrected chi connectivity index (χ3v) is 3.02. The van der Waals surface area contributed by atoms with Crippen molar-refractivity contribution in [3.63, 3.8) is 0 Å². The summed E-state index contributed by atoms with van der Waals surface area (Å²) in [6, 6.07) is 13.5. The Kier molecular flexibility index (Phi) is 3.51. The zero-order valence-corrected chi connectivity index (χ0v) is 11.4. The molecule has 0 saturated carbocycles. The highest BCUT2D eigenvalue weighted by Crippen LogP contribution is 2.25. The topological polar surface area (TPSA) is 77.3 Å². The Balaban J connectivity index is 1.69. The molecular formula is C15H13N3O3. The maximum absolute atomic E-state index is 11.8. The van der Waals surface area contributed by atoms with Crippen molar-refractivity contribution in [2.45, 2.75) is 6.92 Å². The number of nitrogens with zero attached hydrogens (tertiary/aromatic N) is 2. The maximum Gasteiger partial charge on any atom is 0.263 e. The molecule has 6 heteroatoms. The summed E-state index contributed by atoms with van der Waals surface area (Å²) in [5, 5.41) is 11.8. The number of carbonyl (C=O) groups is 1. The molecule has 6 nitrogen and oxygen atoms in total. The van der Waals surface area contributed by atoms with Crippen molar-refractivity contribution in [2.24, 2.45) is 0 Å². The van der Waals surface area contributed by atoms with E-state index in [1.807, 2.05) is 42.5 Å². The average Bonchev–Trinajstić information content (AvgIpc) is 2.90. The number of aryl methyl sites for hydroxylation is 1. The lowest BCUT2D eigenvalue weighted by Crippen LogP contribution is -2.20. The van der Waals surface area contributed by atoms with Crippen molar-refractivity contribution < 1.29 is 14.2 Å². The first-order chi connectivity index (χ1) is 10.2. The van der Waals surface area contributed by atoms with Crippen molar-refractivity contribution in [1.82, 2.24) is 10.3 Å². The van der Waals surface area contributed by atoms with Crippen LogP contribution in [-0.4, -0.2) is 22.8 Å². The van der Waals surface area contributed by atoms with Crippen LogP contribution in [0, 0.1) is 6.92 Å². The molecule has 1 heterocycles. The SMILES string of the molecule is Cc1nonc1NC(=O)COc1cccc2ccccc12. The van der Waals surface area contributed by atoms with E-state index in [9.17, 15) is 4.79 Å². The Morgan fingerprint density at radius 3 is 2.81 bits per heavy atom. The second-order valence-electron chi connectivity index (χ2n) is 4.51. The first-order valence-electron chi connectivity index (χ1n) is 6.43. The first kappa shape index (κ1) is 13.1. The normalized spacial score (nSPS) is 10.5. The van der Waals surface area contributed by atoms with E-state index >= 15 is 0 Å². The number of fused-ring (bicyclic) bond motifs is 1. The van der Waals surface area contributed by atoms with Crippen LogP contribution in [0.2, 0.25) is 0 Å². The minimum atomic E-state index is -0.318. The summed E-state index contributed by atoms with van der Waals surface area (Å²) in [5.41, 5.74) is 0.522. The summed E-state index contributed by atoms with van der Waals surface area (Å²) in [7, 11) is 0. The van der Waals surface area contributed by atoms with Gasteiger partial charge >= 0.3 is 0 Å². The first-order valence-corrected chi connectivity index (χ1v) is 6.43. The van der Waals surface area contributed by atoms with Gasteiger partial charge in [-0.05, 0) is 23.5 Å². The second kappa shape index (κ2) is 5.62. The van der Waals surface area contributed by atoms with Crippen molar-refractivity contribution in [3.05, 3.63) is 48.2 Å². The summed E-state index contributed by atoms with van der Waals surface area (Å²) in [6.07, 6.45) is 0. The highest BCUT2D eigenvalue weighted by molar-refractivity contribution is 5.92. The average molecular weight is 283 g/mol. The molecule has 3 aromatic rings. The predicted molar refractivity (Wildman–Crippen MR) is 77.1 cm³/mol. The number of aromatic nitrogens is 2. The Bertz CT molecular complexity index is 777. The van der Waals surface area contributed by atoms with Crippen LogP contribution in [0.5, 0.6) is 5.75 Å². The van der Waals surface area contributed by atoms with Crippen molar-refractivity contribution in [3.8, 4) is 5.75 Å². The van der Waals surface area contributed by atoms with Gasteiger partial charge in [0.2, 0.25) is 0 Å². The van der Waals surface area contributed by atoms with Crippen LogP contribution in [-0.2, 0) is 4.79 Å². The van der Waals surface area contributed by atoms with Crippen LogP contribution in [0.25, 0.3) is 10.8 Å². The number of nitrogens with one attached hydrogen (secondary N) is 1. The monoisotopic (exact) mass is 283 g/mol. The zero-order chi connectivity index (χ0) is 14.7. The van der Waals surface area contributed by atoms with Gasteiger partial charge in [-0.1, -0.05) is 41.6 Å². The van der Waals surface area contributed by atoms with Crippen LogP contribution in [0.1, 0.15) is 5.69 Å². The maximum atomic E-state index is 11.8. The third kappa shape index (κ3) is 2.84. The van der Waals surface area contributed by atoms with Crippen LogP contribution in [0.15, 0.2) is 47.1 Å². The van der Waals surface area contributed by atoms with Gasteiger partial charge in [0.1, 0.15) is 11.4 Å². The van der Waals surface area contributed by atoms with Crippen LogP contribution >= 0.6 is 0 Å². The Morgan fingerprint density at radius 1 is 1.19 bits per heavy atom. The van der Waals surface area contributed by atoms with E-state index in [0.717, 1.165) is 10.8 Å². The zero-order valence-electron chi connectivity index (χ0n) is 11.4. The molecule has 0 bridgehead atoms. The largest absolute Gasteiger partial charge is 0.483 e. The fourth-order valence-corrected chi connectivity index (χ4v) is 1.98. The van der Waals surface area contributed by atoms with E-state index in [0.29, 0.717) is 17.3 Å². The molecule has 1 amide bonds. The van der Waals surface area contributed by atoms with Gasteiger partial charge in [0.25, 0.3) is 5.91 Å². The Morgan fingerprint density at radius 2 is 2.00 bits per heavy atom. The molecular weight excluding hydrogens is 270 g/mol. The van der Waals surface area contributed by atoms with E-state index in [2.05, 4.69) is 20.3 Å². The number of amides is 1. The molecule has 0 radical (unpaired) electrons. The summed E-state index contributed by atoms with van der Waals surface area (Å²) in [6.45, 7) is 1.58. The molecule has 21 heavy (non-hydrogen) atoms. The highest BCUT2D eigenvalue weighted by atomic mass is 16.6. The highest BCUT2D eigenvalue weighted by Gasteiger charge is 2.10. The van der Waals surface area contributed by atoms with Gasteiger partial charge in [0.15, 0.2) is 12.4 Å². The Hall–Kier alpha value is -2.89. The summed E-state index contributed by atoms with van der Waals surface area (Å²) in [4.78, 5) is 11.8. The molecule has 0 saturated heterocycles. The van der Waals surface area contributed by atoms with Gasteiger partial charge in [-0.15, -0.1) is 0 Å². The number of ether oxygens (including phenoxy) is 1. The quantitative estimate of drug-likeness (QED) is 0.796. The summed E-state index contributed by atoms with van der Waals surface area (Å²) in [5.74, 6) is 0.654. The number of hydrogen-bond acceptors (Lipinski definition) is 5. The lowest BCUT2D eigenvalue weighted by molar-refractivity contribution is -0.118. The van der Waals surface area contributed by atoms with E-state index in [-0.39, 0.29) is 12.5 Å². The number of carbonyl (C=O) groups excluding carboxylic acids is 1. The molecule has 0 spiro atoms. The minimum Gasteiger partial charge on any atom is -0.483 e. The van der Waals surface area contributed by atoms with Crippen molar-refractivity contribution in [1.29, 1.82) is 0 Å². The molecule has 1 aromatic heterocycles. The molecule has 2 aromatic carbocycles. The minimum absolute atomic E-state index is 0.111. The standard InChI is InChI=1S/C15H13N3O3/c1-10-15(18-21-17-10)16-14(19)9-20-13-8-4-6-11-5-2-3-7-12(11)13/h2-8H,9H2,1H3,(H,16,18,19). The number of rotatable bonds is 4. The Labute approximate surface area is 120 Å². The van der Waals surface area contributed by atoms with E-state index in [1.54, 1.807) is 6.92 Å². The molecule has 0 aliphatic heterocycles. The molecule has 0 aliphatic carbocycles. The van der Waals surface area contributed by atoms with Gasteiger partial charge in [-0.2, -0.15) is 0 Å². The lowest BCUT2D eigenvalue weighted by atomic mass is 10.1. The van der Waals surface area contributed by atoms with E-state index in [1.165, 1.54) is 0 Å². The molecule has 0 unspecified atom stereocenters. The molecule has 0 aliphatic rings. The summed E-state index contributed by atoms with van der Waals surface area (Å²) >= 11 is 0. The van der Waals surface area contributed by atoms with Crippen LogP contribution in [0.3, 0.4) is 0 Å². The predicted octanol–water partition coefficient (Wildman–Crippen LogP) is 2.55. The van der Waals surface area contributed by atoms with Gasteiger partial charge in [-0.3, -0.25) is 4.79 Å². The van der Waals surface area contributed by atoms with E-state index < -0.39 is 0 Å². The number of anilines is 1. The summed E-state index contributed by atoms with van der Waals surface area (Å²) < 4.78 is 10.1. The number of benzene rings is 2. The second-order valence-corrected chi connectivity index (χ2v) is 4.51. The van der Waals surface area contributed by atoms with Gasteiger partial charge < -0.3 is 10.1 Å². The molecule has 1 N–H and O–H groups in total. The smallest absolute Gasteiger partial charge is 0.263 e. The lowest BCUT2D eigenvalue weighted by Gasteiger charge is -2.08. The molecule has 106 valence electrons. The molecule has 3 rings (SSSR count). The van der Waals surface area contributed by atoms with Crippen molar-refractivity contribution >= 4 is 22.5 Å². The molecule has 0 atom stereocenters. The fourth-order valence-electron chi connectivity index (χ4n) is 1.98. The van der Waals surface area contributed by atoms with Gasteiger partial charge in [0.05, 0.1) is 0 Å². The van der Waals surface area contributed by atoms with Crippen LogP contribution in [0.4, 0.5) is 5.82 Å². The van der Waals surface area contributed by atoms with Gasteiger partial charge in [-0.25, -0.2) is 4.63 Å². The van der Waals surface area contributed by atoms with Crippen LogP contribution < -0.4 is 10.1 Å². The van der Waals surface area contributed by atoms with Gasteiger partial charge in [0, 0.05) is 5.39 Å². The number of hydrogen-bond donors (Lipinski definition) is 1. The fraction of sp³-hybridized carbons (Fsp3) is 0.133. The third-order valence-electron chi connectivity index (χ3n) is 3.02. The van der Waals surface area contributed by atoms with Crippen molar-refractivity contribution in [2.75, 3.05) is 11.9 Å². The van der Waals surface area contributed by atoms with E-state index in [4.69, 9.17) is 4.74 Å². The molecule has 0 fully saturated rings.